The lowest BCUT2D eigenvalue weighted by atomic mass is 10.1. The van der Waals surface area contributed by atoms with Crippen molar-refractivity contribution in [2.45, 2.75) is 23.5 Å². The number of carbonyl (C=O) groups excluding carboxylic acids is 2. The summed E-state index contributed by atoms with van der Waals surface area (Å²) in [4.78, 5) is 31.0. The van der Waals surface area contributed by atoms with Gasteiger partial charge in [0.05, 0.1) is 10.9 Å². The molecule has 1 unspecified atom stereocenters. The maximum Gasteiger partial charge on any atom is 0.248 e. The van der Waals surface area contributed by atoms with Crippen LogP contribution in [0.3, 0.4) is 0 Å². The fourth-order valence-electron chi connectivity index (χ4n) is 4.05. The van der Waals surface area contributed by atoms with Crippen LogP contribution in [0.2, 0.25) is 0 Å². The maximum absolute atomic E-state index is 13.1. The second-order valence-electron chi connectivity index (χ2n) is 8.86. The van der Waals surface area contributed by atoms with Gasteiger partial charge in [-0.25, -0.2) is 4.98 Å². The van der Waals surface area contributed by atoms with Crippen LogP contribution < -0.4 is 10.6 Å². The summed E-state index contributed by atoms with van der Waals surface area (Å²) in [5, 5.41) is 10.5. The van der Waals surface area contributed by atoms with Crippen molar-refractivity contribution in [3.8, 4) is 11.3 Å². The molecule has 0 fully saturated rings. The zero-order valence-electron chi connectivity index (χ0n) is 21.3. The van der Waals surface area contributed by atoms with Crippen LogP contribution in [0.15, 0.2) is 113 Å². The van der Waals surface area contributed by atoms with Gasteiger partial charge in [-0.2, -0.15) is 0 Å². The summed E-state index contributed by atoms with van der Waals surface area (Å²) in [5.74, 6) is -0.307. The number of benzene rings is 4. The van der Waals surface area contributed by atoms with E-state index >= 15 is 0 Å². The van der Waals surface area contributed by atoms with E-state index in [-0.39, 0.29) is 17.1 Å². The normalized spacial score (nSPS) is 11.9. The number of fused-ring (bicyclic) bond motifs is 1. The molecule has 0 saturated carbocycles. The van der Waals surface area contributed by atoms with Crippen molar-refractivity contribution in [1.82, 2.24) is 4.98 Å². The number of thiazole rings is 1. The second-order valence-corrected chi connectivity index (χ2v) is 11.0. The number of rotatable bonds is 9. The number of thioether (sulfide) groups is 1. The van der Waals surface area contributed by atoms with E-state index in [0.717, 1.165) is 27.1 Å². The molecule has 5 aromatic rings. The first-order chi connectivity index (χ1) is 19.1. The molecule has 0 bridgehead atoms. The molecular formula is C32H27N3O2S2. The molecule has 1 atom stereocenters. The Bertz CT molecular complexity index is 1630. The SMILES string of the molecule is CCC(Sc1cccc(NC(=O)/C=C/c2ccccc2)c1)C(=O)Nc1nc(-c2ccc3ccccc3c2)cs1. The van der Waals surface area contributed by atoms with Crippen molar-refractivity contribution >= 4 is 62.6 Å². The van der Waals surface area contributed by atoms with E-state index in [9.17, 15) is 9.59 Å². The first-order valence-electron chi connectivity index (χ1n) is 12.6. The van der Waals surface area contributed by atoms with Crippen molar-refractivity contribution in [2.75, 3.05) is 10.6 Å². The van der Waals surface area contributed by atoms with Gasteiger partial charge in [0.1, 0.15) is 0 Å². The van der Waals surface area contributed by atoms with E-state index in [1.165, 1.54) is 34.6 Å². The van der Waals surface area contributed by atoms with Crippen LogP contribution in [0.4, 0.5) is 10.8 Å². The zero-order valence-corrected chi connectivity index (χ0v) is 23.0. The Kier molecular flexibility index (Phi) is 8.51. The van der Waals surface area contributed by atoms with Gasteiger partial charge in [0, 0.05) is 27.6 Å². The Labute approximate surface area is 236 Å². The van der Waals surface area contributed by atoms with Gasteiger partial charge in [-0.15, -0.1) is 23.1 Å². The van der Waals surface area contributed by atoms with Crippen molar-refractivity contribution in [3.63, 3.8) is 0 Å². The molecular weight excluding hydrogens is 523 g/mol. The number of hydrogen-bond acceptors (Lipinski definition) is 5. The van der Waals surface area contributed by atoms with Crippen LogP contribution in [0.5, 0.6) is 0 Å². The molecule has 4 aromatic carbocycles. The lowest BCUT2D eigenvalue weighted by Gasteiger charge is -2.14. The average molecular weight is 550 g/mol. The minimum atomic E-state index is -0.304. The largest absolute Gasteiger partial charge is 0.322 e. The smallest absolute Gasteiger partial charge is 0.248 e. The lowest BCUT2D eigenvalue weighted by Crippen LogP contribution is -2.24. The Morgan fingerprint density at radius 1 is 0.897 bits per heavy atom. The summed E-state index contributed by atoms with van der Waals surface area (Å²) in [6.45, 7) is 1.99. The molecule has 5 rings (SSSR count). The van der Waals surface area contributed by atoms with E-state index in [1.54, 1.807) is 6.08 Å². The maximum atomic E-state index is 13.1. The van der Waals surface area contributed by atoms with Crippen LogP contribution in [0.25, 0.3) is 28.1 Å². The number of carbonyl (C=O) groups is 2. The third kappa shape index (κ3) is 7.02. The molecule has 0 aliphatic heterocycles. The average Bonchev–Trinajstić information content (AvgIpc) is 3.43. The predicted octanol–water partition coefficient (Wildman–Crippen LogP) is 8.12. The first-order valence-corrected chi connectivity index (χ1v) is 14.4. The number of aromatic nitrogens is 1. The van der Waals surface area contributed by atoms with E-state index in [4.69, 9.17) is 0 Å². The van der Waals surface area contributed by atoms with Gasteiger partial charge >= 0.3 is 0 Å². The third-order valence-corrected chi connectivity index (χ3v) is 8.17. The van der Waals surface area contributed by atoms with Gasteiger partial charge in [0.25, 0.3) is 0 Å². The molecule has 0 radical (unpaired) electrons. The molecule has 2 amide bonds. The van der Waals surface area contributed by atoms with Gasteiger partial charge in [-0.3, -0.25) is 9.59 Å². The van der Waals surface area contributed by atoms with Gasteiger partial charge in [0.15, 0.2) is 5.13 Å². The monoisotopic (exact) mass is 549 g/mol. The Hall–Kier alpha value is -4.20. The number of nitrogens with zero attached hydrogens (tertiary/aromatic N) is 1. The summed E-state index contributed by atoms with van der Waals surface area (Å²) in [6.07, 6.45) is 3.93. The second kappa shape index (κ2) is 12.6. The minimum absolute atomic E-state index is 0.0952. The number of amides is 2. The van der Waals surface area contributed by atoms with Crippen molar-refractivity contribution in [3.05, 3.63) is 114 Å². The van der Waals surface area contributed by atoms with Crippen molar-refractivity contribution in [1.29, 1.82) is 0 Å². The van der Waals surface area contributed by atoms with Crippen molar-refractivity contribution in [2.24, 2.45) is 0 Å². The van der Waals surface area contributed by atoms with E-state index in [0.29, 0.717) is 17.2 Å². The van der Waals surface area contributed by atoms with E-state index < -0.39 is 0 Å². The molecule has 0 saturated heterocycles. The predicted molar refractivity (Wildman–Crippen MR) is 164 cm³/mol. The van der Waals surface area contributed by atoms with Gasteiger partial charge in [-0.05, 0) is 53.1 Å². The van der Waals surface area contributed by atoms with Crippen LogP contribution >= 0.6 is 23.1 Å². The summed E-state index contributed by atoms with van der Waals surface area (Å²) >= 11 is 2.89. The highest BCUT2D eigenvalue weighted by atomic mass is 32.2. The van der Waals surface area contributed by atoms with Gasteiger partial charge in [-0.1, -0.05) is 79.7 Å². The molecule has 5 nitrogen and oxygen atoms in total. The Morgan fingerprint density at radius 2 is 1.69 bits per heavy atom. The molecule has 7 heteroatoms. The highest BCUT2D eigenvalue weighted by Gasteiger charge is 2.20. The van der Waals surface area contributed by atoms with Gasteiger partial charge < -0.3 is 10.6 Å². The molecule has 2 N–H and O–H groups in total. The van der Waals surface area contributed by atoms with E-state index in [2.05, 4.69) is 45.9 Å². The van der Waals surface area contributed by atoms with Crippen LogP contribution in [-0.2, 0) is 9.59 Å². The number of hydrogen-bond donors (Lipinski definition) is 2. The molecule has 194 valence electrons. The summed E-state index contributed by atoms with van der Waals surface area (Å²) in [5.41, 5.74) is 3.49. The summed E-state index contributed by atoms with van der Waals surface area (Å²) < 4.78 is 0. The molecule has 1 aromatic heterocycles. The van der Waals surface area contributed by atoms with Gasteiger partial charge in [0.2, 0.25) is 11.8 Å². The highest BCUT2D eigenvalue weighted by molar-refractivity contribution is 8.00. The fourth-order valence-corrected chi connectivity index (χ4v) is 5.79. The van der Waals surface area contributed by atoms with Crippen LogP contribution in [0.1, 0.15) is 18.9 Å². The highest BCUT2D eigenvalue weighted by Crippen LogP contribution is 2.31. The summed E-state index contributed by atoms with van der Waals surface area (Å²) in [6, 6.07) is 31.7. The number of anilines is 2. The quantitative estimate of drug-likeness (QED) is 0.144. The standard InChI is InChI=1S/C32H27N3O2S2/c1-2-29(39-27-14-8-13-26(20-27)33-30(36)18-15-22-9-4-3-5-10-22)31(37)35-32-34-28(21-38-32)25-17-16-23-11-6-7-12-24(23)19-25/h3-21,29H,2H2,1H3,(H,33,36)(H,34,35,37)/b18-15+. The zero-order chi connectivity index (χ0) is 27.0. The topological polar surface area (TPSA) is 71.1 Å². The lowest BCUT2D eigenvalue weighted by molar-refractivity contribution is -0.115. The van der Waals surface area contributed by atoms with Crippen LogP contribution in [-0.4, -0.2) is 22.0 Å². The minimum Gasteiger partial charge on any atom is -0.322 e. The molecule has 0 aliphatic rings. The molecule has 0 aliphatic carbocycles. The Balaban J connectivity index is 1.20. The third-order valence-electron chi connectivity index (χ3n) is 6.05. The van der Waals surface area contributed by atoms with Crippen molar-refractivity contribution < 1.29 is 9.59 Å². The first kappa shape index (κ1) is 26.4. The van der Waals surface area contributed by atoms with E-state index in [1.807, 2.05) is 79.0 Å². The van der Waals surface area contributed by atoms with Crippen LogP contribution in [0, 0.1) is 0 Å². The fraction of sp³-hybridized carbons (Fsp3) is 0.0938. The molecule has 39 heavy (non-hydrogen) atoms. The summed E-state index contributed by atoms with van der Waals surface area (Å²) in [7, 11) is 0. The molecule has 0 spiro atoms. The Morgan fingerprint density at radius 3 is 2.51 bits per heavy atom. The number of nitrogens with one attached hydrogen (secondary N) is 2. The molecule has 1 heterocycles.